The van der Waals surface area contributed by atoms with Gasteiger partial charge in [0.1, 0.15) is 6.54 Å². The quantitative estimate of drug-likeness (QED) is 0.862. The van der Waals surface area contributed by atoms with E-state index in [1.54, 1.807) is 0 Å². The zero-order chi connectivity index (χ0) is 18.1. The number of aromatic nitrogens is 2. The number of benzene rings is 1. The number of imide groups is 1. The molecule has 1 aliphatic heterocycles. The van der Waals surface area contributed by atoms with Crippen molar-refractivity contribution in [1.82, 2.24) is 14.9 Å². The number of carbonyl (C=O) groups is 3. The number of nitrogens with one attached hydrogen (secondary N) is 1. The Balaban J connectivity index is 1.79. The minimum atomic E-state index is -0.600. The van der Waals surface area contributed by atoms with E-state index < -0.39 is 17.7 Å². The Morgan fingerprint density at radius 3 is 2.28 bits per heavy atom. The normalized spacial score (nSPS) is 13.4. The number of carbonyl (C=O) groups excluding carboxylic acids is 3. The van der Waals surface area contributed by atoms with Crippen LogP contribution in [-0.4, -0.2) is 39.1 Å². The van der Waals surface area contributed by atoms with Crippen molar-refractivity contribution < 1.29 is 14.4 Å². The molecule has 0 atom stereocenters. The third-order valence-corrected chi connectivity index (χ3v) is 4.09. The van der Waals surface area contributed by atoms with E-state index in [-0.39, 0.29) is 23.9 Å². The Labute approximate surface area is 145 Å². The molecule has 2 heterocycles. The fraction of sp³-hybridized carbons (Fsp3) is 0.278. The van der Waals surface area contributed by atoms with Gasteiger partial charge in [-0.25, -0.2) is 9.97 Å². The topological polar surface area (TPSA) is 92.3 Å². The van der Waals surface area contributed by atoms with Crippen LogP contribution in [0.25, 0.3) is 0 Å². The van der Waals surface area contributed by atoms with Gasteiger partial charge >= 0.3 is 0 Å². The average molecular weight is 338 g/mol. The molecule has 0 saturated heterocycles. The molecule has 1 aromatic heterocycles. The van der Waals surface area contributed by atoms with Crippen LogP contribution in [0.15, 0.2) is 30.6 Å². The van der Waals surface area contributed by atoms with Crippen molar-refractivity contribution in [2.75, 3.05) is 11.9 Å². The number of para-hydroxylation sites is 1. The molecular formula is C18H18N4O3. The number of aryl methyl sites for hydroxylation is 1. The molecule has 1 aromatic carbocycles. The summed E-state index contributed by atoms with van der Waals surface area (Å²) < 4.78 is 0. The Hall–Kier alpha value is -3.09. The van der Waals surface area contributed by atoms with Crippen LogP contribution in [0.5, 0.6) is 0 Å². The van der Waals surface area contributed by atoms with Crippen LogP contribution in [0.4, 0.5) is 5.69 Å². The lowest BCUT2D eigenvalue weighted by atomic mass is 9.98. The van der Waals surface area contributed by atoms with E-state index in [1.807, 2.05) is 39.0 Å². The molecule has 0 radical (unpaired) electrons. The SMILES string of the molecule is Cc1cccc(C(C)C)c1NC(=O)CN1C(=O)c2nccnc2C1=O. The number of amides is 3. The number of nitrogens with zero attached hydrogens (tertiary/aromatic N) is 3. The van der Waals surface area contributed by atoms with Gasteiger partial charge in [0.2, 0.25) is 5.91 Å². The molecule has 1 aliphatic rings. The summed E-state index contributed by atoms with van der Waals surface area (Å²) in [5.41, 5.74) is 2.61. The molecule has 1 N–H and O–H groups in total. The summed E-state index contributed by atoms with van der Waals surface area (Å²) in [5, 5.41) is 2.83. The monoisotopic (exact) mass is 338 g/mol. The number of hydrogen-bond donors (Lipinski definition) is 1. The number of rotatable bonds is 4. The van der Waals surface area contributed by atoms with E-state index in [9.17, 15) is 14.4 Å². The van der Waals surface area contributed by atoms with Gasteiger partial charge in [-0.3, -0.25) is 19.3 Å². The molecular weight excluding hydrogens is 320 g/mol. The highest BCUT2D eigenvalue weighted by Gasteiger charge is 2.39. The van der Waals surface area contributed by atoms with E-state index in [1.165, 1.54) is 12.4 Å². The van der Waals surface area contributed by atoms with Crippen molar-refractivity contribution in [3.05, 3.63) is 53.1 Å². The second kappa shape index (κ2) is 6.43. The van der Waals surface area contributed by atoms with E-state index in [0.717, 1.165) is 21.7 Å². The van der Waals surface area contributed by atoms with E-state index in [2.05, 4.69) is 15.3 Å². The van der Waals surface area contributed by atoms with Gasteiger partial charge < -0.3 is 5.32 Å². The molecule has 0 spiro atoms. The fourth-order valence-electron chi connectivity index (χ4n) is 2.81. The van der Waals surface area contributed by atoms with Crippen LogP contribution in [0, 0.1) is 6.92 Å². The smallest absolute Gasteiger partial charge is 0.282 e. The van der Waals surface area contributed by atoms with Crippen LogP contribution >= 0.6 is 0 Å². The maximum atomic E-state index is 12.4. The van der Waals surface area contributed by atoms with Gasteiger partial charge in [-0.05, 0) is 24.0 Å². The predicted molar refractivity (Wildman–Crippen MR) is 91.3 cm³/mol. The van der Waals surface area contributed by atoms with Crippen molar-refractivity contribution >= 4 is 23.4 Å². The molecule has 25 heavy (non-hydrogen) atoms. The summed E-state index contributed by atoms with van der Waals surface area (Å²) in [4.78, 5) is 45.6. The summed E-state index contributed by atoms with van der Waals surface area (Å²) in [5.74, 6) is -1.41. The molecule has 7 nitrogen and oxygen atoms in total. The molecule has 0 unspecified atom stereocenters. The summed E-state index contributed by atoms with van der Waals surface area (Å²) in [6.07, 6.45) is 2.69. The maximum absolute atomic E-state index is 12.4. The van der Waals surface area contributed by atoms with E-state index in [0.29, 0.717) is 0 Å². The second-order valence-corrected chi connectivity index (χ2v) is 6.19. The first-order valence-corrected chi connectivity index (χ1v) is 7.96. The van der Waals surface area contributed by atoms with Gasteiger partial charge in [0, 0.05) is 18.1 Å². The first kappa shape index (κ1) is 16.8. The molecule has 0 bridgehead atoms. The average Bonchev–Trinajstić information content (AvgIpc) is 2.82. The molecule has 0 fully saturated rings. The minimum Gasteiger partial charge on any atom is -0.324 e. The van der Waals surface area contributed by atoms with Crippen molar-refractivity contribution in [3.63, 3.8) is 0 Å². The van der Waals surface area contributed by atoms with Gasteiger partial charge in [-0.1, -0.05) is 32.0 Å². The summed E-state index contributed by atoms with van der Waals surface area (Å²) in [7, 11) is 0. The van der Waals surface area contributed by atoms with Crippen molar-refractivity contribution in [2.45, 2.75) is 26.7 Å². The zero-order valence-corrected chi connectivity index (χ0v) is 14.2. The largest absolute Gasteiger partial charge is 0.324 e. The highest BCUT2D eigenvalue weighted by Crippen LogP contribution is 2.27. The Morgan fingerprint density at radius 1 is 1.12 bits per heavy atom. The van der Waals surface area contributed by atoms with Gasteiger partial charge in [-0.15, -0.1) is 0 Å². The van der Waals surface area contributed by atoms with E-state index >= 15 is 0 Å². The number of fused-ring (bicyclic) bond motifs is 1. The maximum Gasteiger partial charge on any atom is 0.282 e. The summed E-state index contributed by atoms with van der Waals surface area (Å²) in [6.45, 7) is 5.59. The Kier molecular flexibility index (Phi) is 4.31. The first-order chi connectivity index (χ1) is 11.9. The fourth-order valence-corrected chi connectivity index (χ4v) is 2.81. The molecule has 128 valence electrons. The molecule has 0 saturated carbocycles. The van der Waals surface area contributed by atoms with Gasteiger partial charge in [0.25, 0.3) is 11.8 Å². The van der Waals surface area contributed by atoms with Crippen molar-refractivity contribution in [1.29, 1.82) is 0 Å². The van der Waals surface area contributed by atoms with Crippen LogP contribution in [-0.2, 0) is 4.79 Å². The lowest BCUT2D eigenvalue weighted by molar-refractivity contribution is -0.116. The lowest BCUT2D eigenvalue weighted by Crippen LogP contribution is -2.37. The Bertz CT molecular complexity index is 841. The predicted octanol–water partition coefficient (Wildman–Crippen LogP) is 2.14. The van der Waals surface area contributed by atoms with Crippen LogP contribution in [0.3, 0.4) is 0 Å². The molecule has 2 aromatic rings. The van der Waals surface area contributed by atoms with Crippen LogP contribution in [0.1, 0.15) is 51.9 Å². The highest BCUT2D eigenvalue weighted by molar-refractivity contribution is 6.20. The third-order valence-electron chi connectivity index (χ3n) is 4.09. The molecule has 3 rings (SSSR count). The van der Waals surface area contributed by atoms with Gasteiger partial charge in [0.15, 0.2) is 11.4 Å². The standard InChI is InChI=1S/C18H18N4O3/c1-10(2)12-6-4-5-11(3)14(12)21-13(23)9-22-17(24)15-16(18(22)25)20-8-7-19-15/h4-8,10H,9H2,1-3H3,(H,21,23). The van der Waals surface area contributed by atoms with Gasteiger partial charge in [0.05, 0.1) is 0 Å². The second-order valence-electron chi connectivity index (χ2n) is 6.19. The summed E-state index contributed by atoms with van der Waals surface area (Å²) >= 11 is 0. The first-order valence-electron chi connectivity index (χ1n) is 7.96. The molecule has 7 heteroatoms. The van der Waals surface area contributed by atoms with Crippen LogP contribution < -0.4 is 5.32 Å². The van der Waals surface area contributed by atoms with Crippen molar-refractivity contribution in [2.24, 2.45) is 0 Å². The van der Waals surface area contributed by atoms with Crippen molar-refractivity contribution in [3.8, 4) is 0 Å². The molecule has 3 amide bonds. The van der Waals surface area contributed by atoms with Crippen LogP contribution in [0.2, 0.25) is 0 Å². The minimum absolute atomic E-state index is 0.0148. The lowest BCUT2D eigenvalue weighted by Gasteiger charge is -2.18. The number of anilines is 1. The number of hydrogen-bond acceptors (Lipinski definition) is 5. The van der Waals surface area contributed by atoms with E-state index in [4.69, 9.17) is 0 Å². The summed E-state index contributed by atoms with van der Waals surface area (Å²) in [6, 6.07) is 5.78. The van der Waals surface area contributed by atoms with Gasteiger partial charge in [-0.2, -0.15) is 0 Å². The third kappa shape index (κ3) is 3.00. The zero-order valence-electron chi connectivity index (χ0n) is 14.2. The highest BCUT2D eigenvalue weighted by atomic mass is 16.2. The Morgan fingerprint density at radius 2 is 1.72 bits per heavy atom. The molecule has 0 aliphatic carbocycles.